The highest BCUT2D eigenvalue weighted by molar-refractivity contribution is 7.16. The standard InChI is InChI=1S/C29H29N3O3S/c1-19-26(21-9-7-6-8-10-21)31-28(36-19)32-30-18-20-11-16-24(25(17-20)34-5)35-27(33)22-12-14-23(15-13-22)29(2,3)4/h6-18H,1-5H3,(H,31,32)/b30-18-. The van der Waals surface area contributed by atoms with Crippen molar-refractivity contribution in [1.82, 2.24) is 4.98 Å². The van der Waals surface area contributed by atoms with Crippen molar-refractivity contribution in [2.24, 2.45) is 5.10 Å². The molecule has 0 unspecified atom stereocenters. The number of anilines is 1. The summed E-state index contributed by atoms with van der Waals surface area (Å²) < 4.78 is 11.1. The first kappa shape index (κ1) is 25.1. The van der Waals surface area contributed by atoms with Crippen molar-refractivity contribution in [3.8, 4) is 22.8 Å². The molecule has 1 N–H and O–H groups in total. The Morgan fingerprint density at radius 3 is 2.39 bits per heavy atom. The Bertz CT molecular complexity index is 1370. The molecular formula is C29H29N3O3S. The zero-order valence-corrected chi connectivity index (χ0v) is 21.8. The van der Waals surface area contributed by atoms with E-state index in [4.69, 9.17) is 9.47 Å². The molecule has 0 aliphatic heterocycles. The summed E-state index contributed by atoms with van der Waals surface area (Å²) >= 11 is 1.54. The maximum Gasteiger partial charge on any atom is 0.343 e. The van der Waals surface area contributed by atoms with Crippen LogP contribution in [0.2, 0.25) is 0 Å². The van der Waals surface area contributed by atoms with Gasteiger partial charge in [-0.05, 0) is 53.8 Å². The molecule has 0 aliphatic carbocycles. The second kappa shape index (κ2) is 10.7. The van der Waals surface area contributed by atoms with Gasteiger partial charge in [-0.3, -0.25) is 5.43 Å². The molecule has 0 aliphatic rings. The quantitative estimate of drug-likeness (QED) is 0.127. The van der Waals surface area contributed by atoms with Crippen LogP contribution < -0.4 is 14.9 Å². The molecule has 4 aromatic rings. The monoisotopic (exact) mass is 499 g/mol. The number of hydrazone groups is 1. The van der Waals surface area contributed by atoms with Crippen LogP contribution in [0.15, 0.2) is 77.9 Å². The minimum absolute atomic E-state index is 0.0144. The molecule has 0 fully saturated rings. The number of aryl methyl sites for hydroxylation is 1. The van der Waals surface area contributed by atoms with Gasteiger partial charge in [0.25, 0.3) is 0 Å². The van der Waals surface area contributed by atoms with Crippen LogP contribution in [0, 0.1) is 6.92 Å². The number of carbonyl (C=O) groups excluding carboxylic acids is 1. The third-order valence-corrected chi connectivity index (χ3v) is 6.47. The van der Waals surface area contributed by atoms with E-state index in [1.807, 2.05) is 55.5 Å². The number of esters is 1. The van der Waals surface area contributed by atoms with Crippen LogP contribution in [-0.2, 0) is 5.41 Å². The lowest BCUT2D eigenvalue weighted by atomic mass is 9.87. The minimum Gasteiger partial charge on any atom is -0.493 e. The summed E-state index contributed by atoms with van der Waals surface area (Å²) in [5, 5.41) is 5.02. The van der Waals surface area contributed by atoms with E-state index in [0.717, 1.165) is 27.3 Å². The lowest BCUT2D eigenvalue weighted by Gasteiger charge is -2.19. The van der Waals surface area contributed by atoms with Gasteiger partial charge in [-0.2, -0.15) is 5.10 Å². The van der Waals surface area contributed by atoms with Gasteiger partial charge in [0.2, 0.25) is 5.13 Å². The minimum atomic E-state index is -0.440. The SMILES string of the molecule is COc1cc(/C=N\Nc2nc(-c3ccccc3)c(C)s2)ccc1OC(=O)c1ccc(C(C)(C)C)cc1. The predicted molar refractivity (Wildman–Crippen MR) is 147 cm³/mol. The summed E-state index contributed by atoms with van der Waals surface area (Å²) in [7, 11) is 1.54. The fourth-order valence-corrected chi connectivity index (χ4v) is 4.37. The van der Waals surface area contributed by atoms with Crippen LogP contribution in [0.25, 0.3) is 11.3 Å². The molecule has 0 saturated carbocycles. The van der Waals surface area contributed by atoms with E-state index >= 15 is 0 Å². The second-order valence-corrected chi connectivity index (χ2v) is 10.5. The van der Waals surface area contributed by atoms with Gasteiger partial charge in [-0.1, -0.05) is 63.2 Å². The molecule has 0 bridgehead atoms. The van der Waals surface area contributed by atoms with Crippen molar-refractivity contribution in [3.63, 3.8) is 0 Å². The molecule has 7 heteroatoms. The summed E-state index contributed by atoms with van der Waals surface area (Å²) in [5.74, 6) is 0.343. The summed E-state index contributed by atoms with van der Waals surface area (Å²) in [4.78, 5) is 18.4. The maximum atomic E-state index is 12.7. The van der Waals surface area contributed by atoms with Gasteiger partial charge in [0.05, 0.1) is 24.6 Å². The third kappa shape index (κ3) is 5.98. The summed E-state index contributed by atoms with van der Waals surface area (Å²) in [6.45, 7) is 8.43. The van der Waals surface area contributed by atoms with Crippen LogP contribution in [0.5, 0.6) is 11.5 Å². The Balaban J connectivity index is 1.42. The van der Waals surface area contributed by atoms with Crippen LogP contribution in [0.3, 0.4) is 0 Å². The highest BCUT2D eigenvalue weighted by Crippen LogP contribution is 2.31. The van der Waals surface area contributed by atoms with Gasteiger partial charge in [0.1, 0.15) is 0 Å². The Hall–Kier alpha value is -3.97. The fourth-order valence-electron chi connectivity index (χ4n) is 3.58. The van der Waals surface area contributed by atoms with Crippen LogP contribution in [0.4, 0.5) is 5.13 Å². The van der Waals surface area contributed by atoms with E-state index in [1.54, 1.807) is 41.8 Å². The first-order chi connectivity index (χ1) is 17.2. The van der Waals surface area contributed by atoms with Crippen molar-refractivity contribution < 1.29 is 14.3 Å². The van der Waals surface area contributed by atoms with Gasteiger partial charge in [0, 0.05) is 10.4 Å². The molecule has 3 aromatic carbocycles. The normalized spacial score (nSPS) is 11.5. The number of rotatable bonds is 7. The van der Waals surface area contributed by atoms with E-state index < -0.39 is 5.97 Å². The maximum absolute atomic E-state index is 12.7. The topological polar surface area (TPSA) is 72.8 Å². The van der Waals surface area contributed by atoms with Gasteiger partial charge in [0.15, 0.2) is 11.5 Å². The van der Waals surface area contributed by atoms with Crippen molar-refractivity contribution in [3.05, 3.63) is 94.4 Å². The number of carbonyl (C=O) groups is 1. The highest BCUT2D eigenvalue weighted by Gasteiger charge is 2.16. The van der Waals surface area contributed by atoms with Crippen molar-refractivity contribution in [1.29, 1.82) is 0 Å². The Kier molecular flexibility index (Phi) is 7.50. The molecule has 0 atom stereocenters. The van der Waals surface area contributed by atoms with E-state index in [-0.39, 0.29) is 5.41 Å². The summed E-state index contributed by atoms with van der Waals surface area (Å²) in [6, 6.07) is 22.8. The zero-order valence-electron chi connectivity index (χ0n) is 21.0. The van der Waals surface area contributed by atoms with E-state index in [1.165, 1.54) is 7.11 Å². The third-order valence-electron chi connectivity index (χ3n) is 5.59. The average Bonchev–Trinajstić information content (AvgIpc) is 3.25. The van der Waals surface area contributed by atoms with Crippen molar-refractivity contribution in [2.75, 3.05) is 12.5 Å². The van der Waals surface area contributed by atoms with Crippen LogP contribution in [-0.4, -0.2) is 24.3 Å². The molecular weight excluding hydrogens is 470 g/mol. The zero-order chi connectivity index (χ0) is 25.7. The lowest BCUT2D eigenvalue weighted by Crippen LogP contribution is -2.13. The number of benzene rings is 3. The molecule has 1 heterocycles. The second-order valence-electron chi connectivity index (χ2n) is 9.29. The number of nitrogens with one attached hydrogen (secondary N) is 1. The van der Waals surface area contributed by atoms with E-state index in [2.05, 4.69) is 36.3 Å². The highest BCUT2D eigenvalue weighted by atomic mass is 32.1. The molecule has 6 nitrogen and oxygen atoms in total. The molecule has 4 rings (SSSR count). The number of ether oxygens (including phenoxy) is 2. The number of hydrogen-bond donors (Lipinski definition) is 1. The van der Waals surface area contributed by atoms with Crippen molar-refractivity contribution in [2.45, 2.75) is 33.1 Å². The molecule has 1 aromatic heterocycles. The van der Waals surface area contributed by atoms with Crippen molar-refractivity contribution >= 4 is 28.7 Å². The van der Waals surface area contributed by atoms with Crippen LogP contribution in [0.1, 0.15) is 47.1 Å². The number of aromatic nitrogens is 1. The Labute approximate surface area is 215 Å². The first-order valence-electron chi connectivity index (χ1n) is 11.6. The Morgan fingerprint density at radius 1 is 1.00 bits per heavy atom. The van der Waals surface area contributed by atoms with Gasteiger partial charge in [-0.15, -0.1) is 11.3 Å². The molecule has 0 spiro atoms. The first-order valence-corrected chi connectivity index (χ1v) is 12.4. The number of hydrogen-bond acceptors (Lipinski definition) is 7. The van der Waals surface area contributed by atoms with E-state index in [9.17, 15) is 4.79 Å². The predicted octanol–water partition coefficient (Wildman–Crippen LogP) is 7.09. The largest absolute Gasteiger partial charge is 0.493 e. The molecule has 0 saturated heterocycles. The summed E-state index contributed by atoms with van der Waals surface area (Å²) in [5.41, 5.74) is 7.44. The number of nitrogens with zero attached hydrogens (tertiary/aromatic N) is 2. The van der Waals surface area contributed by atoms with Gasteiger partial charge in [-0.25, -0.2) is 9.78 Å². The van der Waals surface area contributed by atoms with Gasteiger partial charge >= 0.3 is 5.97 Å². The molecule has 36 heavy (non-hydrogen) atoms. The number of methoxy groups -OCH3 is 1. The molecule has 0 amide bonds. The van der Waals surface area contributed by atoms with Crippen LogP contribution >= 0.6 is 11.3 Å². The molecule has 0 radical (unpaired) electrons. The van der Waals surface area contributed by atoms with E-state index in [0.29, 0.717) is 22.2 Å². The smallest absolute Gasteiger partial charge is 0.343 e. The molecule has 184 valence electrons. The van der Waals surface area contributed by atoms with Gasteiger partial charge < -0.3 is 9.47 Å². The summed E-state index contributed by atoms with van der Waals surface area (Å²) in [6.07, 6.45) is 1.66. The Morgan fingerprint density at radius 2 is 1.72 bits per heavy atom. The lowest BCUT2D eigenvalue weighted by molar-refractivity contribution is 0.0729. The number of thiazole rings is 1. The fraction of sp³-hybridized carbons (Fsp3) is 0.207. The average molecular weight is 500 g/mol.